The SMILES string of the molecule is Cc1nc(Oc2ccccc2)cc(N2CCN(C(=O)Cn3cccc3)CC2)n1. The fourth-order valence-corrected chi connectivity index (χ4v) is 3.27. The van der Waals surface area contributed by atoms with Crippen LogP contribution < -0.4 is 9.64 Å². The van der Waals surface area contributed by atoms with Crippen LogP contribution in [0.3, 0.4) is 0 Å². The molecule has 0 spiro atoms. The fourth-order valence-electron chi connectivity index (χ4n) is 3.27. The molecule has 7 nitrogen and oxygen atoms in total. The monoisotopic (exact) mass is 377 g/mol. The average molecular weight is 377 g/mol. The molecule has 0 bridgehead atoms. The summed E-state index contributed by atoms with van der Waals surface area (Å²) < 4.78 is 7.76. The molecule has 1 amide bonds. The highest BCUT2D eigenvalue weighted by Gasteiger charge is 2.22. The summed E-state index contributed by atoms with van der Waals surface area (Å²) in [5, 5.41) is 0. The van der Waals surface area contributed by atoms with Crippen molar-refractivity contribution in [3.63, 3.8) is 0 Å². The number of aryl methyl sites for hydroxylation is 1. The average Bonchev–Trinajstić information content (AvgIpc) is 3.21. The predicted octanol–water partition coefficient (Wildman–Crippen LogP) is 2.73. The Balaban J connectivity index is 1.39. The number of rotatable bonds is 5. The van der Waals surface area contributed by atoms with Gasteiger partial charge >= 0.3 is 0 Å². The highest BCUT2D eigenvalue weighted by Crippen LogP contribution is 2.23. The number of nitrogens with zero attached hydrogens (tertiary/aromatic N) is 5. The van der Waals surface area contributed by atoms with E-state index in [0.717, 1.165) is 24.7 Å². The Morgan fingerprint density at radius 1 is 1.00 bits per heavy atom. The number of hydrogen-bond donors (Lipinski definition) is 0. The van der Waals surface area contributed by atoms with Crippen molar-refractivity contribution in [3.8, 4) is 11.6 Å². The van der Waals surface area contributed by atoms with Crippen LogP contribution in [0, 0.1) is 6.92 Å². The minimum atomic E-state index is 0.141. The number of anilines is 1. The molecule has 1 aliphatic heterocycles. The molecule has 4 rings (SSSR count). The number of benzene rings is 1. The molecule has 1 fully saturated rings. The van der Waals surface area contributed by atoms with Gasteiger partial charge in [-0.15, -0.1) is 0 Å². The second-order valence-corrected chi connectivity index (χ2v) is 6.75. The zero-order chi connectivity index (χ0) is 19.3. The van der Waals surface area contributed by atoms with Crippen molar-refractivity contribution in [1.29, 1.82) is 0 Å². The Hall–Kier alpha value is -3.35. The number of carbonyl (C=O) groups excluding carboxylic acids is 1. The van der Waals surface area contributed by atoms with Crippen LogP contribution in [0.25, 0.3) is 0 Å². The van der Waals surface area contributed by atoms with Gasteiger partial charge in [-0.2, -0.15) is 4.98 Å². The third-order valence-electron chi connectivity index (χ3n) is 4.71. The molecule has 0 atom stereocenters. The maximum atomic E-state index is 12.5. The van der Waals surface area contributed by atoms with E-state index in [-0.39, 0.29) is 5.91 Å². The second kappa shape index (κ2) is 8.12. The Morgan fingerprint density at radius 2 is 1.71 bits per heavy atom. The molecule has 0 saturated carbocycles. The summed E-state index contributed by atoms with van der Waals surface area (Å²) >= 11 is 0. The van der Waals surface area contributed by atoms with Crippen molar-refractivity contribution in [2.45, 2.75) is 13.5 Å². The van der Waals surface area contributed by atoms with Crippen molar-refractivity contribution >= 4 is 11.7 Å². The lowest BCUT2D eigenvalue weighted by Gasteiger charge is -2.35. The summed E-state index contributed by atoms with van der Waals surface area (Å²) in [4.78, 5) is 25.5. The fraction of sp³-hybridized carbons (Fsp3) is 0.286. The maximum absolute atomic E-state index is 12.5. The van der Waals surface area contributed by atoms with E-state index in [1.54, 1.807) is 0 Å². The van der Waals surface area contributed by atoms with Crippen molar-refractivity contribution < 1.29 is 9.53 Å². The number of ether oxygens (including phenoxy) is 1. The molecule has 1 saturated heterocycles. The first-order valence-corrected chi connectivity index (χ1v) is 9.39. The lowest BCUT2D eigenvalue weighted by atomic mass is 10.3. The van der Waals surface area contributed by atoms with E-state index < -0.39 is 0 Å². The van der Waals surface area contributed by atoms with Crippen LogP contribution in [0.15, 0.2) is 60.9 Å². The topological polar surface area (TPSA) is 63.5 Å². The van der Waals surface area contributed by atoms with Crippen molar-refractivity contribution in [1.82, 2.24) is 19.4 Å². The van der Waals surface area contributed by atoms with Crippen molar-refractivity contribution in [2.24, 2.45) is 0 Å². The van der Waals surface area contributed by atoms with Crippen molar-refractivity contribution in [2.75, 3.05) is 31.1 Å². The van der Waals surface area contributed by atoms with E-state index in [9.17, 15) is 4.79 Å². The molecule has 1 aliphatic rings. The molecule has 2 aromatic heterocycles. The van der Waals surface area contributed by atoms with Gasteiger partial charge in [0, 0.05) is 44.6 Å². The first-order valence-electron chi connectivity index (χ1n) is 9.39. The molecule has 7 heteroatoms. The number of amides is 1. The third-order valence-corrected chi connectivity index (χ3v) is 4.71. The number of para-hydroxylation sites is 1. The minimum absolute atomic E-state index is 0.141. The van der Waals surface area contributed by atoms with Gasteiger partial charge < -0.3 is 19.1 Å². The number of aromatic nitrogens is 3. The van der Waals surface area contributed by atoms with Gasteiger partial charge in [-0.05, 0) is 31.2 Å². The highest BCUT2D eigenvalue weighted by atomic mass is 16.5. The smallest absolute Gasteiger partial charge is 0.242 e. The van der Waals surface area contributed by atoms with Crippen LogP contribution in [-0.4, -0.2) is 51.5 Å². The maximum Gasteiger partial charge on any atom is 0.242 e. The first kappa shape index (κ1) is 18.0. The van der Waals surface area contributed by atoms with Crippen LogP contribution >= 0.6 is 0 Å². The molecule has 0 unspecified atom stereocenters. The van der Waals surface area contributed by atoms with E-state index >= 15 is 0 Å². The van der Waals surface area contributed by atoms with Crippen LogP contribution in [0.4, 0.5) is 5.82 Å². The summed E-state index contributed by atoms with van der Waals surface area (Å²) in [5.74, 6) is 2.90. The van der Waals surface area contributed by atoms with Crippen molar-refractivity contribution in [3.05, 3.63) is 66.7 Å². The quantitative estimate of drug-likeness (QED) is 0.684. The Morgan fingerprint density at radius 3 is 2.43 bits per heavy atom. The predicted molar refractivity (Wildman–Crippen MR) is 107 cm³/mol. The van der Waals surface area contributed by atoms with Crippen LogP contribution in [0.2, 0.25) is 0 Å². The van der Waals surface area contributed by atoms with Crippen LogP contribution in [0.5, 0.6) is 11.6 Å². The van der Waals surface area contributed by atoms with Crippen LogP contribution in [-0.2, 0) is 11.3 Å². The molecule has 0 aliphatic carbocycles. The molecule has 3 aromatic rings. The summed E-state index contributed by atoms with van der Waals surface area (Å²) in [6.07, 6.45) is 3.82. The summed E-state index contributed by atoms with van der Waals surface area (Å²) in [6.45, 7) is 5.07. The number of hydrogen-bond acceptors (Lipinski definition) is 5. The lowest BCUT2D eigenvalue weighted by Crippen LogP contribution is -2.49. The summed E-state index contributed by atoms with van der Waals surface area (Å²) in [6, 6.07) is 15.3. The summed E-state index contributed by atoms with van der Waals surface area (Å²) in [5.41, 5.74) is 0. The Kier molecular flexibility index (Phi) is 5.23. The molecule has 3 heterocycles. The Labute approximate surface area is 164 Å². The first-order chi connectivity index (χ1) is 13.7. The minimum Gasteiger partial charge on any atom is -0.439 e. The molecule has 1 aromatic carbocycles. The van der Waals surface area contributed by atoms with E-state index in [0.29, 0.717) is 31.3 Å². The van der Waals surface area contributed by atoms with Gasteiger partial charge in [0.25, 0.3) is 0 Å². The number of piperazine rings is 1. The van der Waals surface area contributed by atoms with E-state index in [4.69, 9.17) is 4.74 Å². The molecule has 144 valence electrons. The lowest BCUT2D eigenvalue weighted by molar-refractivity contribution is -0.132. The van der Waals surface area contributed by atoms with Gasteiger partial charge in [0.1, 0.15) is 23.9 Å². The van der Waals surface area contributed by atoms with Gasteiger partial charge in [-0.1, -0.05) is 18.2 Å². The van der Waals surface area contributed by atoms with E-state index in [1.807, 2.05) is 77.3 Å². The zero-order valence-electron chi connectivity index (χ0n) is 15.9. The van der Waals surface area contributed by atoms with Gasteiger partial charge in [-0.25, -0.2) is 4.98 Å². The van der Waals surface area contributed by atoms with Gasteiger partial charge in [-0.3, -0.25) is 4.79 Å². The van der Waals surface area contributed by atoms with E-state index in [2.05, 4.69) is 14.9 Å². The molecule has 0 radical (unpaired) electrons. The standard InChI is InChI=1S/C21H23N5O2/c1-17-22-19(15-20(23-17)28-18-7-3-2-4-8-18)25-11-13-26(14-12-25)21(27)16-24-9-5-6-10-24/h2-10,15H,11-14,16H2,1H3. The Bertz CT molecular complexity index is 919. The normalized spacial score (nSPS) is 14.2. The van der Waals surface area contributed by atoms with Crippen LogP contribution in [0.1, 0.15) is 5.82 Å². The second-order valence-electron chi connectivity index (χ2n) is 6.75. The van der Waals surface area contributed by atoms with E-state index in [1.165, 1.54) is 0 Å². The molecular weight excluding hydrogens is 354 g/mol. The van der Waals surface area contributed by atoms with Gasteiger partial charge in [0.15, 0.2) is 0 Å². The third kappa shape index (κ3) is 4.31. The largest absolute Gasteiger partial charge is 0.439 e. The number of carbonyl (C=O) groups is 1. The molecular formula is C21H23N5O2. The molecule has 28 heavy (non-hydrogen) atoms. The van der Waals surface area contributed by atoms with Gasteiger partial charge in [0.05, 0.1) is 0 Å². The summed E-state index contributed by atoms with van der Waals surface area (Å²) in [7, 11) is 0. The highest BCUT2D eigenvalue weighted by molar-refractivity contribution is 5.76. The van der Waals surface area contributed by atoms with Gasteiger partial charge in [0.2, 0.25) is 11.8 Å². The molecule has 0 N–H and O–H groups in total. The zero-order valence-corrected chi connectivity index (χ0v) is 15.9.